The summed E-state index contributed by atoms with van der Waals surface area (Å²) in [4.78, 5) is 16.8. The van der Waals surface area contributed by atoms with Gasteiger partial charge in [0.05, 0.1) is 0 Å². The lowest BCUT2D eigenvalue weighted by molar-refractivity contribution is -0.116. The predicted molar refractivity (Wildman–Crippen MR) is 91.7 cm³/mol. The molecule has 1 aliphatic heterocycles. The Morgan fingerprint density at radius 3 is 2.50 bits per heavy atom. The van der Waals surface area contributed by atoms with Gasteiger partial charge in [-0.15, -0.1) is 0 Å². The van der Waals surface area contributed by atoms with Gasteiger partial charge in [0.1, 0.15) is 0 Å². The summed E-state index contributed by atoms with van der Waals surface area (Å²) in [5, 5.41) is 3.01. The number of piperazine rings is 1. The second kappa shape index (κ2) is 8.71. The van der Waals surface area contributed by atoms with Crippen LogP contribution in [0, 0.1) is 0 Å². The van der Waals surface area contributed by atoms with Crippen molar-refractivity contribution in [2.45, 2.75) is 13.3 Å². The van der Waals surface area contributed by atoms with Crippen LogP contribution in [-0.4, -0.2) is 62.0 Å². The first-order chi connectivity index (χ1) is 10.7. The van der Waals surface area contributed by atoms with E-state index in [0.717, 1.165) is 50.3 Å². The number of nitrogens with zero attached hydrogens (tertiary/aromatic N) is 2. The smallest absolute Gasteiger partial charge is 0.244 e. The quantitative estimate of drug-likeness (QED) is 0.815. The predicted octanol–water partition coefficient (Wildman–Crippen LogP) is 1.84. The molecule has 0 saturated carbocycles. The molecule has 2 rings (SSSR count). The minimum absolute atomic E-state index is 0.00910. The Kier molecular flexibility index (Phi) is 6.62. The van der Waals surface area contributed by atoms with E-state index in [0.29, 0.717) is 6.54 Å². The zero-order valence-corrected chi connectivity index (χ0v) is 13.7. The van der Waals surface area contributed by atoms with E-state index in [2.05, 4.69) is 29.1 Å². The largest absolute Gasteiger partial charge is 0.351 e. The molecule has 1 heterocycles. The van der Waals surface area contributed by atoms with Gasteiger partial charge in [-0.3, -0.25) is 9.69 Å². The van der Waals surface area contributed by atoms with Crippen LogP contribution in [0.25, 0.3) is 5.57 Å². The van der Waals surface area contributed by atoms with Crippen LogP contribution in [0.5, 0.6) is 0 Å². The van der Waals surface area contributed by atoms with E-state index in [1.165, 1.54) is 0 Å². The van der Waals surface area contributed by atoms with Crippen LogP contribution in [-0.2, 0) is 4.79 Å². The molecule has 4 heteroatoms. The molecule has 0 atom stereocenters. The van der Waals surface area contributed by atoms with Gasteiger partial charge < -0.3 is 10.2 Å². The minimum Gasteiger partial charge on any atom is -0.351 e. The molecule has 0 spiro atoms. The highest BCUT2D eigenvalue weighted by Crippen LogP contribution is 2.16. The lowest BCUT2D eigenvalue weighted by atomic mass is 10.0. The number of carbonyl (C=O) groups excluding carboxylic acids is 1. The topological polar surface area (TPSA) is 35.6 Å². The first-order valence-corrected chi connectivity index (χ1v) is 8.13. The molecule has 0 unspecified atom stereocenters. The van der Waals surface area contributed by atoms with E-state index in [4.69, 9.17) is 0 Å². The second-order valence-electron chi connectivity index (χ2n) is 5.83. The van der Waals surface area contributed by atoms with Gasteiger partial charge in [0, 0.05) is 45.3 Å². The molecule has 1 amide bonds. The molecule has 4 nitrogen and oxygen atoms in total. The molecular formula is C18H27N3O. The third-order valence-electron chi connectivity index (χ3n) is 4.15. The van der Waals surface area contributed by atoms with Crippen molar-refractivity contribution in [3.8, 4) is 0 Å². The van der Waals surface area contributed by atoms with Crippen LogP contribution in [0.2, 0.25) is 0 Å². The fourth-order valence-corrected chi connectivity index (χ4v) is 2.66. The van der Waals surface area contributed by atoms with Crippen molar-refractivity contribution in [2.75, 3.05) is 46.3 Å². The summed E-state index contributed by atoms with van der Waals surface area (Å²) in [6.45, 7) is 8.13. The first kappa shape index (κ1) is 16.7. The monoisotopic (exact) mass is 301 g/mol. The lowest BCUT2D eigenvalue weighted by Crippen LogP contribution is -2.46. The first-order valence-electron chi connectivity index (χ1n) is 8.13. The summed E-state index contributed by atoms with van der Waals surface area (Å²) < 4.78 is 0. The summed E-state index contributed by atoms with van der Waals surface area (Å²) in [6, 6.07) is 10.1. The number of rotatable bonds is 6. The number of hydrogen-bond acceptors (Lipinski definition) is 3. The van der Waals surface area contributed by atoms with Gasteiger partial charge in [0.25, 0.3) is 0 Å². The zero-order chi connectivity index (χ0) is 15.8. The average Bonchev–Trinajstić information content (AvgIpc) is 2.55. The van der Waals surface area contributed by atoms with Crippen LogP contribution in [0.15, 0.2) is 36.4 Å². The van der Waals surface area contributed by atoms with Crippen molar-refractivity contribution in [1.82, 2.24) is 15.1 Å². The lowest BCUT2D eigenvalue weighted by Gasteiger charge is -2.32. The molecule has 1 saturated heterocycles. The molecule has 1 fully saturated rings. The number of benzene rings is 1. The fraction of sp³-hybridized carbons (Fsp3) is 0.500. The van der Waals surface area contributed by atoms with Gasteiger partial charge >= 0.3 is 0 Å². The van der Waals surface area contributed by atoms with Gasteiger partial charge in [0.15, 0.2) is 0 Å². The van der Waals surface area contributed by atoms with Gasteiger partial charge in [0.2, 0.25) is 5.91 Å². The minimum atomic E-state index is 0.00910. The van der Waals surface area contributed by atoms with Crippen LogP contribution >= 0.6 is 0 Å². The van der Waals surface area contributed by atoms with Gasteiger partial charge in [-0.2, -0.15) is 0 Å². The molecular weight excluding hydrogens is 274 g/mol. The summed E-state index contributed by atoms with van der Waals surface area (Å²) in [5.41, 5.74) is 2.21. The van der Waals surface area contributed by atoms with Crippen LogP contribution in [0.1, 0.15) is 18.9 Å². The number of likely N-dealkylation sites (N-methyl/N-ethyl adjacent to an activating group) is 1. The molecule has 0 radical (unpaired) electrons. The maximum absolute atomic E-state index is 12.1. The van der Waals surface area contributed by atoms with E-state index in [1.54, 1.807) is 6.08 Å². The number of allylic oxidation sites excluding steroid dienone is 1. The van der Waals surface area contributed by atoms with E-state index in [1.807, 2.05) is 30.3 Å². The van der Waals surface area contributed by atoms with Crippen molar-refractivity contribution in [1.29, 1.82) is 0 Å². The molecule has 1 N–H and O–H groups in total. The Bertz CT molecular complexity index is 490. The Morgan fingerprint density at radius 1 is 1.18 bits per heavy atom. The molecule has 120 valence electrons. The normalized spacial score (nSPS) is 17.5. The third kappa shape index (κ3) is 5.28. The van der Waals surface area contributed by atoms with Gasteiger partial charge in [-0.25, -0.2) is 0 Å². The van der Waals surface area contributed by atoms with Crippen molar-refractivity contribution >= 4 is 11.5 Å². The number of carbonyl (C=O) groups is 1. The van der Waals surface area contributed by atoms with E-state index in [-0.39, 0.29) is 5.91 Å². The van der Waals surface area contributed by atoms with E-state index < -0.39 is 0 Å². The van der Waals surface area contributed by atoms with E-state index in [9.17, 15) is 4.79 Å². The molecule has 22 heavy (non-hydrogen) atoms. The molecule has 1 aliphatic rings. The zero-order valence-electron chi connectivity index (χ0n) is 13.7. The molecule has 1 aromatic rings. The van der Waals surface area contributed by atoms with Crippen LogP contribution in [0.3, 0.4) is 0 Å². The second-order valence-corrected chi connectivity index (χ2v) is 5.83. The van der Waals surface area contributed by atoms with Crippen LogP contribution < -0.4 is 5.32 Å². The SMILES string of the molecule is CC/C(=C/C(=O)NCCN1CCN(C)CC1)c1ccccc1. The number of amides is 1. The molecule has 0 bridgehead atoms. The molecule has 0 aliphatic carbocycles. The van der Waals surface area contributed by atoms with Gasteiger partial charge in [-0.1, -0.05) is 37.3 Å². The maximum Gasteiger partial charge on any atom is 0.244 e. The standard InChI is InChI=1S/C18H27N3O/c1-3-16(17-7-5-4-6-8-17)15-18(22)19-9-10-21-13-11-20(2)12-14-21/h4-8,15H,3,9-14H2,1-2H3,(H,19,22)/b16-15-. The Hall–Kier alpha value is -1.65. The number of hydrogen-bond donors (Lipinski definition) is 1. The molecule has 1 aromatic carbocycles. The summed E-state index contributed by atoms with van der Waals surface area (Å²) in [5.74, 6) is 0.00910. The molecule has 0 aromatic heterocycles. The summed E-state index contributed by atoms with van der Waals surface area (Å²) in [6.07, 6.45) is 2.59. The Balaban J connectivity index is 1.78. The van der Waals surface area contributed by atoms with Crippen molar-refractivity contribution in [3.05, 3.63) is 42.0 Å². The number of nitrogens with one attached hydrogen (secondary N) is 1. The van der Waals surface area contributed by atoms with Crippen molar-refractivity contribution in [3.63, 3.8) is 0 Å². The third-order valence-corrected chi connectivity index (χ3v) is 4.15. The maximum atomic E-state index is 12.1. The van der Waals surface area contributed by atoms with Crippen molar-refractivity contribution in [2.24, 2.45) is 0 Å². The summed E-state index contributed by atoms with van der Waals surface area (Å²) in [7, 11) is 2.15. The van der Waals surface area contributed by atoms with Gasteiger partial charge in [-0.05, 0) is 24.6 Å². The highest BCUT2D eigenvalue weighted by Gasteiger charge is 2.13. The van der Waals surface area contributed by atoms with Crippen LogP contribution in [0.4, 0.5) is 0 Å². The highest BCUT2D eigenvalue weighted by molar-refractivity contribution is 5.95. The average molecular weight is 301 g/mol. The summed E-state index contributed by atoms with van der Waals surface area (Å²) >= 11 is 0. The highest BCUT2D eigenvalue weighted by atomic mass is 16.1. The Labute approximate surface area is 133 Å². The van der Waals surface area contributed by atoms with Crippen molar-refractivity contribution < 1.29 is 4.79 Å². The Morgan fingerprint density at radius 2 is 1.86 bits per heavy atom. The fourth-order valence-electron chi connectivity index (χ4n) is 2.66. The van der Waals surface area contributed by atoms with E-state index >= 15 is 0 Å².